The zero-order chi connectivity index (χ0) is 42.7. The smallest absolute Gasteiger partial charge is 0.359 e. The first-order valence-electron chi connectivity index (χ1n) is 19.8. The van der Waals surface area contributed by atoms with Gasteiger partial charge in [0.2, 0.25) is 5.60 Å². The first-order chi connectivity index (χ1) is 29.6. The van der Waals surface area contributed by atoms with Gasteiger partial charge in [-0.3, -0.25) is 4.79 Å². The standard InChI is InChI=1S/C25H25N5O4S.C18H17BrN4O2S/c1-3-34-22(31)21-19-16-29(24-26-11-14-35-24)12-8-20(19)30(27-21)18-6-4-5-17(15-18)7-9-25(33)10-13-28(2)23(25)32;1-2-25-17(24)16-14-11-22(18-20-7-9-26-18)8-6-15(14)23(21-16)13-5-3-4-12(19)10-13/h4-6,11,14-15,33H,3,8,10,12-13,16H2,1-2H3;3-5,7,9-10H,2,6,8,11H2,1H3/t25-;/m0./s1. The fourth-order valence-corrected chi connectivity index (χ4v) is 9.26. The van der Waals surface area contributed by atoms with Crippen LogP contribution in [0.1, 0.15) is 69.3 Å². The van der Waals surface area contributed by atoms with Crippen LogP contribution in [0.3, 0.4) is 0 Å². The minimum absolute atomic E-state index is 0.262. The Balaban J connectivity index is 0.000000176. The van der Waals surface area contributed by atoms with Gasteiger partial charge in [0.1, 0.15) is 0 Å². The van der Waals surface area contributed by atoms with E-state index in [1.807, 2.05) is 64.0 Å². The van der Waals surface area contributed by atoms with Crippen LogP contribution >= 0.6 is 38.6 Å². The first kappa shape index (κ1) is 41.8. The molecule has 1 N–H and O–H groups in total. The van der Waals surface area contributed by atoms with Crippen molar-refractivity contribution in [2.24, 2.45) is 0 Å². The Kier molecular flexibility index (Phi) is 12.3. The fourth-order valence-electron chi connectivity index (χ4n) is 7.53. The highest BCUT2D eigenvalue weighted by molar-refractivity contribution is 9.10. The second-order valence-electron chi connectivity index (χ2n) is 14.4. The van der Waals surface area contributed by atoms with E-state index < -0.39 is 11.6 Å². The highest BCUT2D eigenvalue weighted by Gasteiger charge is 2.42. The number of likely N-dealkylation sites (tertiary alicyclic amines) is 1. The van der Waals surface area contributed by atoms with Gasteiger partial charge in [0.25, 0.3) is 5.91 Å². The number of esters is 2. The predicted octanol–water partition coefficient (Wildman–Crippen LogP) is 5.84. The van der Waals surface area contributed by atoms with Crippen LogP contribution in [0.15, 0.2) is 76.2 Å². The van der Waals surface area contributed by atoms with Gasteiger partial charge in [0.05, 0.1) is 36.0 Å². The summed E-state index contributed by atoms with van der Waals surface area (Å²) in [4.78, 5) is 52.1. The summed E-state index contributed by atoms with van der Waals surface area (Å²) in [5, 5.41) is 25.6. The highest BCUT2D eigenvalue weighted by Crippen LogP contribution is 2.32. The monoisotopic (exact) mass is 923 g/mol. The summed E-state index contributed by atoms with van der Waals surface area (Å²) in [6, 6.07) is 15.3. The van der Waals surface area contributed by atoms with Gasteiger partial charge in [-0.25, -0.2) is 28.9 Å². The van der Waals surface area contributed by atoms with Gasteiger partial charge in [-0.15, -0.1) is 22.7 Å². The summed E-state index contributed by atoms with van der Waals surface area (Å²) in [7, 11) is 1.65. The topological polar surface area (TPSA) is 161 Å². The van der Waals surface area contributed by atoms with E-state index >= 15 is 0 Å². The molecular formula is C43H42BrN9O6S2. The van der Waals surface area contributed by atoms with Crippen molar-refractivity contribution in [2.45, 2.75) is 51.8 Å². The molecule has 3 aliphatic rings. The second-order valence-corrected chi connectivity index (χ2v) is 17.1. The number of ether oxygens (including phenoxy) is 2. The molecule has 1 amide bonds. The van der Waals surface area contributed by atoms with Gasteiger partial charge in [0.15, 0.2) is 21.7 Å². The van der Waals surface area contributed by atoms with Crippen LogP contribution in [0.4, 0.5) is 10.3 Å². The van der Waals surface area contributed by atoms with E-state index in [0.717, 1.165) is 68.1 Å². The molecule has 6 aromatic rings. The average Bonchev–Trinajstić information content (AvgIpc) is 4.13. The third-order valence-electron chi connectivity index (χ3n) is 10.5. The van der Waals surface area contributed by atoms with Crippen LogP contribution in [-0.2, 0) is 40.2 Å². The number of likely N-dealkylation sites (N-methyl/N-ethyl adjacent to an activating group) is 1. The summed E-state index contributed by atoms with van der Waals surface area (Å²) in [6.07, 6.45) is 5.31. The van der Waals surface area contributed by atoms with Gasteiger partial charge in [0, 0.05) is 103 Å². The van der Waals surface area contributed by atoms with E-state index in [1.165, 1.54) is 4.90 Å². The molecule has 15 nitrogen and oxygen atoms in total. The number of aromatic nitrogens is 6. The van der Waals surface area contributed by atoms with Crippen molar-refractivity contribution in [3.63, 3.8) is 0 Å². The Morgan fingerprint density at radius 3 is 1.84 bits per heavy atom. The van der Waals surface area contributed by atoms with Crippen molar-refractivity contribution in [1.82, 2.24) is 34.4 Å². The number of nitrogens with zero attached hydrogens (tertiary/aromatic N) is 9. The van der Waals surface area contributed by atoms with E-state index in [-0.39, 0.29) is 24.9 Å². The van der Waals surface area contributed by atoms with Gasteiger partial charge >= 0.3 is 11.9 Å². The number of carbonyl (C=O) groups is 3. The lowest BCUT2D eigenvalue weighted by Gasteiger charge is -2.27. The van der Waals surface area contributed by atoms with Gasteiger partial charge in [-0.05, 0) is 50.2 Å². The number of anilines is 2. The molecule has 0 saturated carbocycles. The van der Waals surface area contributed by atoms with Crippen LogP contribution in [-0.4, -0.2) is 103 Å². The number of hydrogen-bond donors (Lipinski definition) is 1. The number of rotatable bonds is 8. The second kappa shape index (κ2) is 18.0. The Morgan fingerprint density at radius 2 is 1.36 bits per heavy atom. The van der Waals surface area contributed by atoms with Crippen LogP contribution < -0.4 is 9.80 Å². The molecule has 314 valence electrons. The quantitative estimate of drug-likeness (QED) is 0.144. The average molecular weight is 925 g/mol. The molecule has 0 unspecified atom stereocenters. The number of thiazole rings is 2. The van der Waals surface area contributed by atoms with Crippen molar-refractivity contribution in [2.75, 3.05) is 49.7 Å². The van der Waals surface area contributed by atoms with Crippen LogP contribution in [0.5, 0.6) is 0 Å². The van der Waals surface area contributed by atoms with E-state index in [1.54, 1.807) is 60.6 Å². The summed E-state index contributed by atoms with van der Waals surface area (Å²) in [5.74, 6) is 4.49. The van der Waals surface area contributed by atoms with Gasteiger partial charge in [-0.1, -0.05) is 39.9 Å². The fraction of sp³-hybridized carbons (Fsp3) is 0.326. The molecule has 61 heavy (non-hydrogen) atoms. The molecule has 0 aliphatic carbocycles. The molecule has 2 aromatic carbocycles. The minimum atomic E-state index is -1.66. The lowest BCUT2D eigenvalue weighted by atomic mass is 10.0. The lowest BCUT2D eigenvalue weighted by molar-refractivity contribution is -0.137. The normalized spacial score (nSPS) is 16.9. The zero-order valence-electron chi connectivity index (χ0n) is 33.7. The minimum Gasteiger partial charge on any atom is -0.461 e. The molecule has 9 rings (SSSR count). The highest BCUT2D eigenvalue weighted by atomic mass is 79.9. The number of fused-ring (bicyclic) bond motifs is 2. The third kappa shape index (κ3) is 8.69. The molecule has 18 heteroatoms. The van der Waals surface area contributed by atoms with Crippen LogP contribution in [0, 0.1) is 11.8 Å². The number of aliphatic hydroxyl groups is 1. The van der Waals surface area contributed by atoms with Gasteiger partial charge < -0.3 is 29.3 Å². The van der Waals surface area contributed by atoms with Crippen molar-refractivity contribution in [1.29, 1.82) is 0 Å². The molecular weight excluding hydrogens is 883 g/mol. The van der Waals surface area contributed by atoms with Gasteiger partial charge in [-0.2, -0.15) is 10.2 Å². The first-order valence-corrected chi connectivity index (χ1v) is 22.3. The third-order valence-corrected chi connectivity index (χ3v) is 12.7. The largest absolute Gasteiger partial charge is 0.461 e. The van der Waals surface area contributed by atoms with Crippen molar-refractivity contribution < 1.29 is 29.0 Å². The van der Waals surface area contributed by atoms with Crippen LogP contribution in [0.2, 0.25) is 0 Å². The maximum absolute atomic E-state index is 12.7. The lowest BCUT2D eigenvalue weighted by Crippen LogP contribution is -2.37. The molecule has 3 aliphatic heterocycles. The van der Waals surface area contributed by atoms with E-state index in [0.29, 0.717) is 49.6 Å². The molecule has 4 aromatic heterocycles. The molecule has 1 fully saturated rings. The SMILES string of the molecule is CCOC(=O)c1nn(-c2cccc(Br)c2)c2c1CN(c1nccs1)CC2.CCOC(=O)c1nn(-c2cccc(C#C[C@]3(O)CCN(C)C3=O)c2)c2c1CN(c1nccs1)CC2. The maximum atomic E-state index is 12.7. The molecule has 7 heterocycles. The van der Waals surface area contributed by atoms with E-state index in [4.69, 9.17) is 9.47 Å². The predicted molar refractivity (Wildman–Crippen MR) is 235 cm³/mol. The summed E-state index contributed by atoms with van der Waals surface area (Å²) < 4.78 is 15.1. The number of benzene rings is 2. The van der Waals surface area contributed by atoms with Crippen molar-refractivity contribution in [3.05, 3.63) is 116 Å². The summed E-state index contributed by atoms with van der Waals surface area (Å²) in [6.45, 7) is 7.33. The molecule has 0 bridgehead atoms. The van der Waals surface area contributed by atoms with E-state index in [2.05, 4.69) is 57.7 Å². The number of amides is 1. The Morgan fingerprint density at radius 1 is 0.820 bits per heavy atom. The summed E-state index contributed by atoms with van der Waals surface area (Å²) >= 11 is 6.66. The Labute approximate surface area is 368 Å². The molecule has 0 radical (unpaired) electrons. The van der Waals surface area contributed by atoms with Crippen LogP contribution in [0.25, 0.3) is 11.4 Å². The zero-order valence-corrected chi connectivity index (χ0v) is 36.9. The number of halogens is 1. The maximum Gasteiger partial charge on any atom is 0.359 e. The Bertz CT molecular complexity index is 2630. The van der Waals surface area contributed by atoms with Crippen molar-refractivity contribution in [3.8, 4) is 23.2 Å². The Hall–Kier alpha value is -5.87. The van der Waals surface area contributed by atoms with E-state index in [9.17, 15) is 19.5 Å². The molecule has 0 spiro atoms. The van der Waals surface area contributed by atoms with Crippen molar-refractivity contribution >= 4 is 66.7 Å². The molecule has 1 atom stereocenters. The number of hydrogen-bond acceptors (Lipinski definition) is 14. The summed E-state index contributed by atoms with van der Waals surface area (Å²) in [5.41, 5.74) is 5.08. The molecule has 1 saturated heterocycles. The number of carbonyl (C=O) groups excluding carboxylic acids is 3.